The van der Waals surface area contributed by atoms with Crippen molar-refractivity contribution in [3.05, 3.63) is 57.0 Å². The van der Waals surface area contributed by atoms with Gasteiger partial charge in [-0.3, -0.25) is 0 Å². The van der Waals surface area contributed by atoms with Crippen molar-refractivity contribution in [3.63, 3.8) is 0 Å². The van der Waals surface area contributed by atoms with E-state index < -0.39 is 17.3 Å². The number of para-hydroxylation sites is 1. The highest BCUT2D eigenvalue weighted by atomic mass is 16.5. The molecule has 0 radical (unpaired) electrons. The summed E-state index contributed by atoms with van der Waals surface area (Å²) in [6.07, 6.45) is 0. The molecule has 0 saturated carbocycles. The predicted octanol–water partition coefficient (Wildman–Crippen LogP) is 0.0376. The van der Waals surface area contributed by atoms with Crippen LogP contribution in [0.25, 0.3) is 11.4 Å². The summed E-state index contributed by atoms with van der Waals surface area (Å²) in [6, 6.07) is 8.34. The van der Waals surface area contributed by atoms with Gasteiger partial charge < -0.3 is 10.5 Å². The van der Waals surface area contributed by atoms with E-state index in [4.69, 9.17) is 10.5 Å². The van der Waals surface area contributed by atoms with Gasteiger partial charge in [0.25, 0.3) is 0 Å². The topological polar surface area (TPSA) is 112 Å². The number of carbonyl (C=O) groups is 1. The third-order valence-electron chi connectivity index (χ3n) is 2.87. The molecule has 3 N–H and O–H groups in total. The SMILES string of the molecule is CCOC(=O)/C(=C(/C)N)n1[nH]c(=O)n(-c2ccccc2)c1=O. The van der Waals surface area contributed by atoms with Crippen molar-refractivity contribution in [1.29, 1.82) is 0 Å². The van der Waals surface area contributed by atoms with E-state index in [0.29, 0.717) is 5.69 Å². The van der Waals surface area contributed by atoms with Crippen LogP contribution >= 0.6 is 0 Å². The molecule has 0 saturated heterocycles. The van der Waals surface area contributed by atoms with E-state index in [9.17, 15) is 14.4 Å². The highest BCUT2D eigenvalue weighted by Gasteiger charge is 2.21. The molecule has 0 spiro atoms. The van der Waals surface area contributed by atoms with Crippen molar-refractivity contribution in [1.82, 2.24) is 14.3 Å². The van der Waals surface area contributed by atoms with Gasteiger partial charge >= 0.3 is 17.3 Å². The van der Waals surface area contributed by atoms with Crippen LogP contribution in [-0.4, -0.2) is 26.9 Å². The maximum absolute atomic E-state index is 12.4. The lowest BCUT2D eigenvalue weighted by molar-refractivity contribution is -0.136. The van der Waals surface area contributed by atoms with Crippen molar-refractivity contribution in [2.45, 2.75) is 13.8 Å². The second kappa shape index (κ2) is 6.17. The normalized spacial score (nSPS) is 11.9. The molecule has 8 heteroatoms. The maximum Gasteiger partial charge on any atom is 0.358 e. The van der Waals surface area contributed by atoms with E-state index in [1.807, 2.05) is 0 Å². The van der Waals surface area contributed by atoms with Crippen LogP contribution in [0.5, 0.6) is 0 Å². The van der Waals surface area contributed by atoms with Gasteiger partial charge in [0.05, 0.1) is 12.3 Å². The average Bonchev–Trinajstić information content (AvgIpc) is 2.75. The molecule has 0 fully saturated rings. The second-order valence-electron chi connectivity index (χ2n) is 4.46. The largest absolute Gasteiger partial charge is 0.461 e. The summed E-state index contributed by atoms with van der Waals surface area (Å²) >= 11 is 0. The highest BCUT2D eigenvalue weighted by molar-refractivity contribution is 6.10. The van der Waals surface area contributed by atoms with Crippen molar-refractivity contribution < 1.29 is 9.53 Å². The van der Waals surface area contributed by atoms with Gasteiger partial charge in [0.2, 0.25) is 0 Å². The summed E-state index contributed by atoms with van der Waals surface area (Å²) in [5.41, 5.74) is 4.47. The minimum absolute atomic E-state index is 0.0574. The number of hydrogen-bond acceptors (Lipinski definition) is 5. The molecule has 2 aromatic rings. The number of aromatic amines is 1. The van der Waals surface area contributed by atoms with E-state index >= 15 is 0 Å². The van der Waals surface area contributed by atoms with Crippen molar-refractivity contribution >= 4 is 11.7 Å². The minimum Gasteiger partial charge on any atom is -0.461 e. The third kappa shape index (κ3) is 2.71. The minimum atomic E-state index is -0.786. The lowest BCUT2D eigenvalue weighted by atomic mass is 10.3. The lowest BCUT2D eigenvalue weighted by Gasteiger charge is -2.08. The zero-order chi connectivity index (χ0) is 16.3. The Morgan fingerprint density at radius 3 is 2.45 bits per heavy atom. The van der Waals surface area contributed by atoms with Gasteiger partial charge in [0.15, 0.2) is 5.70 Å². The Morgan fingerprint density at radius 1 is 1.27 bits per heavy atom. The van der Waals surface area contributed by atoms with Crippen molar-refractivity contribution in [2.75, 3.05) is 6.61 Å². The van der Waals surface area contributed by atoms with Crippen LogP contribution in [0.2, 0.25) is 0 Å². The molecule has 0 aliphatic heterocycles. The first-order valence-electron chi connectivity index (χ1n) is 6.60. The van der Waals surface area contributed by atoms with Crippen LogP contribution in [0, 0.1) is 0 Å². The first-order valence-corrected chi connectivity index (χ1v) is 6.60. The van der Waals surface area contributed by atoms with Gasteiger partial charge in [0, 0.05) is 5.70 Å². The number of rotatable bonds is 4. The molecule has 0 unspecified atom stereocenters. The standard InChI is InChI=1S/C14H16N4O4/c1-3-22-12(19)11(9(2)15)18-14(21)17(13(20)16-18)10-7-5-4-6-8-10/h4-8H,3,15H2,1-2H3,(H,16,20)/b11-9+. The summed E-state index contributed by atoms with van der Waals surface area (Å²) in [5.74, 6) is -0.786. The van der Waals surface area contributed by atoms with Crippen LogP contribution in [0.3, 0.4) is 0 Å². The zero-order valence-corrected chi connectivity index (χ0v) is 12.2. The van der Waals surface area contributed by atoms with Crippen molar-refractivity contribution in [2.24, 2.45) is 5.73 Å². The predicted molar refractivity (Wildman–Crippen MR) is 80.4 cm³/mol. The number of H-pyrrole nitrogens is 1. The fraction of sp³-hybridized carbons (Fsp3) is 0.214. The molecule has 1 aromatic heterocycles. The Balaban J connectivity index is 2.65. The van der Waals surface area contributed by atoms with E-state index in [-0.39, 0.29) is 18.0 Å². The Bertz CT molecular complexity index is 823. The molecule has 0 amide bonds. The summed E-state index contributed by atoms with van der Waals surface area (Å²) in [5, 5.41) is 2.31. The molecular weight excluding hydrogens is 288 g/mol. The lowest BCUT2D eigenvalue weighted by Crippen LogP contribution is -2.30. The molecule has 1 aromatic carbocycles. The Labute approximate surface area is 125 Å². The molecule has 116 valence electrons. The van der Waals surface area contributed by atoms with Gasteiger partial charge in [0.1, 0.15) is 0 Å². The first kappa shape index (κ1) is 15.4. The van der Waals surface area contributed by atoms with E-state index in [0.717, 1.165) is 9.25 Å². The van der Waals surface area contributed by atoms with Gasteiger partial charge in [-0.1, -0.05) is 18.2 Å². The number of benzene rings is 1. The maximum atomic E-state index is 12.4. The summed E-state index contributed by atoms with van der Waals surface area (Å²) in [6.45, 7) is 3.19. The van der Waals surface area contributed by atoms with Crippen molar-refractivity contribution in [3.8, 4) is 5.69 Å². The third-order valence-corrected chi connectivity index (χ3v) is 2.87. The van der Waals surface area contributed by atoms with Gasteiger partial charge in [-0.15, -0.1) is 0 Å². The number of carbonyl (C=O) groups excluding carboxylic acids is 1. The molecule has 0 atom stereocenters. The first-order chi connectivity index (χ1) is 10.5. The molecule has 1 heterocycles. The highest BCUT2D eigenvalue weighted by Crippen LogP contribution is 2.07. The van der Waals surface area contributed by atoms with Crippen LogP contribution in [0.15, 0.2) is 45.6 Å². The van der Waals surface area contributed by atoms with Crippen LogP contribution in [0.1, 0.15) is 13.8 Å². The number of aromatic nitrogens is 3. The Kier molecular flexibility index (Phi) is 4.31. The van der Waals surface area contributed by atoms with Gasteiger partial charge in [-0.25, -0.2) is 24.0 Å². The zero-order valence-electron chi connectivity index (χ0n) is 12.2. The van der Waals surface area contributed by atoms with E-state index in [1.165, 1.54) is 6.92 Å². The van der Waals surface area contributed by atoms with Crippen LogP contribution < -0.4 is 17.1 Å². The second-order valence-corrected chi connectivity index (χ2v) is 4.46. The molecule has 0 aliphatic rings. The number of ether oxygens (including phenoxy) is 1. The number of allylic oxidation sites excluding steroid dienone is 1. The molecule has 22 heavy (non-hydrogen) atoms. The number of nitrogens with two attached hydrogens (primary N) is 1. The number of nitrogens with one attached hydrogen (secondary N) is 1. The summed E-state index contributed by atoms with van der Waals surface area (Å²) < 4.78 is 6.56. The molecular formula is C14H16N4O4. The summed E-state index contributed by atoms with van der Waals surface area (Å²) in [4.78, 5) is 36.4. The quantitative estimate of drug-likeness (QED) is 0.611. The smallest absolute Gasteiger partial charge is 0.358 e. The average molecular weight is 304 g/mol. The fourth-order valence-corrected chi connectivity index (χ4v) is 1.96. The molecule has 0 aliphatic carbocycles. The number of nitrogens with zero attached hydrogens (tertiary/aromatic N) is 2. The van der Waals surface area contributed by atoms with Gasteiger partial charge in [-0.2, -0.15) is 4.68 Å². The molecule has 2 rings (SSSR count). The fourth-order valence-electron chi connectivity index (χ4n) is 1.96. The molecule has 8 nitrogen and oxygen atoms in total. The molecule has 0 bridgehead atoms. The van der Waals surface area contributed by atoms with E-state index in [1.54, 1.807) is 37.3 Å². The van der Waals surface area contributed by atoms with E-state index in [2.05, 4.69) is 5.10 Å². The van der Waals surface area contributed by atoms with Gasteiger partial charge in [-0.05, 0) is 26.0 Å². The van der Waals surface area contributed by atoms with Crippen LogP contribution in [0.4, 0.5) is 0 Å². The number of hydrogen-bond donors (Lipinski definition) is 2. The summed E-state index contributed by atoms with van der Waals surface area (Å²) in [7, 11) is 0. The number of esters is 1. The Hall–Kier alpha value is -3.03. The van der Waals surface area contributed by atoms with Crippen LogP contribution in [-0.2, 0) is 9.53 Å². The monoisotopic (exact) mass is 304 g/mol. The Morgan fingerprint density at radius 2 is 1.91 bits per heavy atom.